The van der Waals surface area contributed by atoms with Crippen LogP contribution in [0.25, 0.3) is 6.08 Å². The number of nitrogens with two attached hydrogens (primary N) is 1. The summed E-state index contributed by atoms with van der Waals surface area (Å²) in [6.07, 6.45) is 3.95. The highest BCUT2D eigenvalue weighted by molar-refractivity contribution is 5.49. The van der Waals surface area contributed by atoms with E-state index in [0.29, 0.717) is 24.1 Å². The Balaban J connectivity index is 1.98. The largest absolute Gasteiger partial charge is 0.473 e. The van der Waals surface area contributed by atoms with Crippen molar-refractivity contribution in [3.63, 3.8) is 0 Å². The Hall–Kier alpha value is -2.36. The summed E-state index contributed by atoms with van der Waals surface area (Å²) >= 11 is 0. The van der Waals surface area contributed by atoms with Crippen LogP contribution in [0.15, 0.2) is 36.4 Å². The summed E-state index contributed by atoms with van der Waals surface area (Å²) in [5, 5.41) is 0. The van der Waals surface area contributed by atoms with Crippen LogP contribution in [0.4, 0.5) is 5.82 Å². The van der Waals surface area contributed by atoms with Gasteiger partial charge in [-0.3, -0.25) is 0 Å². The van der Waals surface area contributed by atoms with E-state index in [9.17, 15) is 0 Å². The predicted octanol–water partition coefficient (Wildman–Crippen LogP) is 2.77. The molecule has 0 radical (unpaired) electrons. The average Bonchev–Trinajstić information content (AvgIpc) is 2.41. The average molecular weight is 255 g/mol. The highest BCUT2D eigenvalue weighted by atomic mass is 16.5. The third kappa shape index (κ3) is 3.55. The number of hydrogen-bond acceptors (Lipinski definition) is 4. The molecule has 0 aliphatic heterocycles. The minimum atomic E-state index is 0.450. The van der Waals surface area contributed by atoms with Crippen LogP contribution in [0.2, 0.25) is 0 Å². The molecule has 0 bridgehead atoms. The molecule has 4 nitrogen and oxygen atoms in total. The van der Waals surface area contributed by atoms with Gasteiger partial charge in [-0.05, 0) is 25.5 Å². The van der Waals surface area contributed by atoms with Gasteiger partial charge in [0.05, 0.1) is 5.56 Å². The first kappa shape index (κ1) is 13.1. The highest BCUT2D eigenvalue weighted by Crippen LogP contribution is 2.19. The van der Waals surface area contributed by atoms with Crippen molar-refractivity contribution in [2.45, 2.75) is 13.8 Å². The van der Waals surface area contributed by atoms with E-state index in [-0.39, 0.29) is 0 Å². The molecule has 4 heteroatoms. The van der Waals surface area contributed by atoms with E-state index in [4.69, 9.17) is 10.5 Å². The topological polar surface area (TPSA) is 61.0 Å². The van der Waals surface area contributed by atoms with E-state index in [1.165, 1.54) is 0 Å². The molecule has 0 amide bonds. The van der Waals surface area contributed by atoms with Gasteiger partial charge in [0.15, 0.2) is 0 Å². The Morgan fingerprint density at radius 1 is 1.16 bits per heavy atom. The lowest BCUT2D eigenvalue weighted by Gasteiger charge is -2.08. The molecule has 98 valence electrons. The minimum Gasteiger partial charge on any atom is -0.473 e. The van der Waals surface area contributed by atoms with Gasteiger partial charge in [-0.25, -0.2) is 4.98 Å². The van der Waals surface area contributed by atoms with Crippen LogP contribution in [0.3, 0.4) is 0 Å². The van der Waals surface area contributed by atoms with Gasteiger partial charge in [0, 0.05) is 0 Å². The summed E-state index contributed by atoms with van der Waals surface area (Å²) in [5.41, 5.74) is 7.68. The van der Waals surface area contributed by atoms with Crippen molar-refractivity contribution >= 4 is 11.9 Å². The van der Waals surface area contributed by atoms with E-state index in [1.807, 2.05) is 49.4 Å². The summed E-state index contributed by atoms with van der Waals surface area (Å²) in [6, 6.07) is 10.1. The van der Waals surface area contributed by atoms with Crippen LogP contribution < -0.4 is 10.5 Å². The Labute approximate surface area is 113 Å². The molecule has 1 aromatic heterocycles. The Morgan fingerprint density at radius 3 is 2.63 bits per heavy atom. The molecule has 2 rings (SSSR count). The summed E-state index contributed by atoms with van der Waals surface area (Å²) in [4.78, 5) is 8.31. The molecule has 0 spiro atoms. The number of aromatic nitrogens is 2. The summed E-state index contributed by atoms with van der Waals surface area (Å²) < 4.78 is 5.60. The van der Waals surface area contributed by atoms with Gasteiger partial charge in [0.1, 0.15) is 18.2 Å². The maximum atomic E-state index is 5.77. The van der Waals surface area contributed by atoms with Gasteiger partial charge >= 0.3 is 0 Å². The first-order valence-electron chi connectivity index (χ1n) is 6.12. The van der Waals surface area contributed by atoms with Crippen LogP contribution in [-0.4, -0.2) is 16.6 Å². The number of nitrogen functional groups attached to an aromatic ring is 1. The van der Waals surface area contributed by atoms with Crippen molar-refractivity contribution in [3.8, 4) is 5.88 Å². The van der Waals surface area contributed by atoms with Crippen LogP contribution >= 0.6 is 0 Å². The molecule has 0 aliphatic rings. The predicted molar refractivity (Wildman–Crippen MR) is 76.9 cm³/mol. The maximum absolute atomic E-state index is 5.77. The van der Waals surface area contributed by atoms with Gasteiger partial charge in [-0.15, -0.1) is 0 Å². The summed E-state index contributed by atoms with van der Waals surface area (Å²) in [7, 11) is 0. The molecule has 0 fully saturated rings. The number of benzene rings is 1. The van der Waals surface area contributed by atoms with Gasteiger partial charge in [-0.2, -0.15) is 4.98 Å². The maximum Gasteiger partial charge on any atom is 0.222 e. The molecule has 1 heterocycles. The van der Waals surface area contributed by atoms with Crippen LogP contribution in [0, 0.1) is 13.8 Å². The standard InChI is InChI=1S/C15H17N3O/c1-11-14(16)17-12(2)18-15(11)19-10-6-9-13-7-4-3-5-8-13/h3-9H,10H2,1-2H3,(H2,16,17,18)/b9-6+. The second kappa shape index (κ2) is 6.00. The van der Waals surface area contributed by atoms with Crippen LogP contribution in [0.1, 0.15) is 17.0 Å². The first-order valence-corrected chi connectivity index (χ1v) is 6.12. The first-order chi connectivity index (χ1) is 9.16. The van der Waals surface area contributed by atoms with Crippen molar-refractivity contribution in [1.82, 2.24) is 9.97 Å². The van der Waals surface area contributed by atoms with E-state index in [2.05, 4.69) is 9.97 Å². The summed E-state index contributed by atoms with van der Waals surface area (Å²) in [5.74, 6) is 1.63. The van der Waals surface area contributed by atoms with E-state index in [0.717, 1.165) is 11.1 Å². The molecule has 0 atom stereocenters. The van der Waals surface area contributed by atoms with Gasteiger partial charge < -0.3 is 10.5 Å². The molecule has 0 saturated carbocycles. The van der Waals surface area contributed by atoms with Crippen LogP contribution in [-0.2, 0) is 0 Å². The van der Waals surface area contributed by atoms with Crippen molar-refractivity contribution < 1.29 is 4.74 Å². The van der Waals surface area contributed by atoms with E-state index < -0.39 is 0 Å². The molecule has 0 saturated heterocycles. The zero-order valence-electron chi connectivity index (χ0n) is 11.1. The quantitative estimate of drug-likeness (QED) is 0.912. The second-order valence-corrected chi connectivity index (χ2v) is 4.21. The van der Waals surface area contributed by atoms with Crippen molar-refractivity contribution in [2.75, 3.05) is 12.3 Å². The van der Waals surface area contributed by atoms with Gasteiger partial charge in [0.25, 0.3) is 0 Å². The fourth-order valence-electron chi connectivity index (χ4n) is 1.64. The smallest absolute Gasteiger partial charge is 0.222 e. The fourth-order valence-corrected chi connectivity index (χ4v) is 1.64. The molecular weight excluding hydrogens is 238 g/mol. The molecule has 0 aliphatic carbocycles. The lowest BCUT2D eigenvalue weighted by atomic mass is 10.2. The zero-order chi connectivity index (χ0) is 13.7. The highest BCUT2D eigenvalue weighted by Gasteiger charge is 2.06. The van der Waals surface area contributed by atoms with Crippen molar-refractivity contribution in [1.29, 1.82) is 0 Å². The molecule has 19 heavy (non-hydrogen) atoms. The van der Waals surface area contributed by atoms with E-state index in [1.54, 1.807) is 6.92 Å². The number of anilines is 1. The molecule has 0 unspecified atom stereocenters. The SMILES string of the molecule is Cc1nc(N)c(C)c(OC/C=C/c2ccccc2)n1. The third-order valence-corrected chi connectivity index (χ3v) is 2.68. The lowest BCUT2D eigenvalue weighted by molar-refractivity contribution is 0.345. The molecule has 1 aromatic carbocycles. The van der Waals surface area contributed by atoms with Gasteiger partial charge in [-0.1, -0.05) is 36.4 Å². The second-order valence-electron chi connectivity index (χ2n) is 4.21. The normalized spacial score (nSPS) is 10.8. The number of rotatable bonds is 4. The number of ether oxygens (including phenoxy) is 1. The fraction of sp³-hybridized carbons (Fsp3) is 0.200. The number of aryl methyl sites for hydroxylation is 1. The van der Waals surface area contributed by atoms with Crippen molar-refractivity contribution in [3.05, 3.63) is 53.4 Å². The Kier molecular flexibility index (Phi) is 4.13. The Bertz CT molecular complexity index is 579. The number of hydrogen-bond donors (Lipinski definition) is 1. The zero-order valence-corrected chi connectivity index (χ0v) is 11.1. The molecule has 2 aromatic rings. The lowest BCUT2D eigenvalue weighted by Crippen LogP contribution is -2.05. The van der Waals surface area contributed by atoms with Gasteiger partial charge in [0.2, 0.25) is 5.88 Å². The molecule has 2 N–H and O–H groups in total. The third-order valence-electron chi connectivity index (χ3n) is 2.68. The molecular formula is C15H17N3O. The minimum absolute atomic E-state index is 0.450. The van der Waals surface area contributed by atoms with Crippen LogP contribution in [0.5, 0.6) is 5.88 Å². The number of nitrogens with zero attached hydrogens (tertiary/aromatic N) is 2. The monoisotopic (exact) mass is 255 g/mol. The Morgan fingerprint density at radius 2 is 1.89 bits per heavy atom. The van der Waals surface area contributed by atoms with Crippen molar-refractivity contribution in [2.24, 2.45) is 0 Å². The van der Waals surface area contributed by atoms with E-state index >= 15 is 0 Å². The summed E-state index contributed by atoms with van der Waals surface area (Å²) in [6.45, 7) is 4.10.